The van der Waals surface area contributed by atoms with Crippen molar-refractivity contribution in [3.05, 3.63) is 35.1 Å². The Bertz CT molecular complexity index is 1460. The Balaban J connectivity index is 1.35. The molecule has 4 aliphatic rings. The van der Waals surface area contributed by atoms with Gasteiger partial charge in [-0.3, -0.25) is 4.79 Å². The molecule has 2 bridgehead atoms. The van der Waals surface area contributed by atoms with E-state index in [0.29, 0.717) is 30.9 Å². The van der Waals surface area contributed by atoms with Crippen molar-refractivity contribution in [2.24, 2.45) is 0 Å². The summed E-state index contributed by atoms with van der Waals surface area (Å²) in [6, 6.07) is 3.65. The van der Waals surface area contributed by atoms with E-state index in [9.17, 15) is 24.3 Å². The minimum Gasteiger partial charge on any atom is -0.493 e. The molecule has 1 aromatic rings. The maximum atomic E-state index is 13.4. The number of methoxy groups -OCH3 is 1. The average Bonchev–Trinajstić information content (AvgIpc) is 3.30. The van der Waals surface area contributed by atoms with Gasteiger partial charge in [-0.05, 0) is 92.6 Å². The lowest BCUT2D eigenvalue weighted by molar-refractivity contribution is -0.180. The van der Waals surface area contributed by atoms with Gasteiger partial charge < -0.3 is 43.2 Å². The number of piperidine rings is 1. The minimum atomic E-state index is -1.75. The summed E-state index contributed by atoms with van der Waals surface area (Å²) >= 11 is 0. The van der Waals surface area contributed by atoms with E-state index >= 15 is 0 Å². The number of likely N-dealkylation sites (tertiary alicyclic amines) is 1. The standard InChI is InChI=1S/C34H45NO12/c1-18(42-29(38)22(17-24(36)46-31(2,3)4)44-30(39)47-32(5,6)7)28(37)43-21-12-13-34(40)23-16-19-10-11-20(41-9)26-25(19)33(34,27(21)45-26)14-15-35(23)8/h10-12,18,22-23,27,40H,13-17H2,1-9H3/t18-,22-,23+,27-,33-,34+/m0/s1. The van der Waals surface area contributed by atoms with Gasteiger partial charge in [0.05, 0.1) is 24.5 Å². The van der Waals surface area contributed by atoms with Gasteiger partial charge in [-0.25, -0.2) is 14.4 Å². The van der Waals surface area contributed by atoms with Gasteiger partial charge in [0.2, 0.25) is 6.10 Å². The number of benzene rings is 1. The van der Waals surface area contributed by atoms with Crippen molar-refractivity contribution in [3.63, 3.8) is 0 Å². The lowest BCUT2D eigenvalue weighted by atomic mass is 9.50. The predicted molar refractivity (Wildman–Crippen MR) is 165 cm³/mol. The highest BCUT2D eigenvalue weighted by Gasteiger charge is 2.72. The zero-order valence-corrected chi connectivity index (χ0v) is 28.5. The first-order chi connectivity index (χ1) is 21.8. The molecule has 0 unspecified atom stereocenters. The average molecular weight is 660 g/mol. The molecule has 13 heteroatoms. The highest BCUT2D eigenvalue weighted by molar-refractivity contribution is 5.86. The van der Waals surface area contributed by atoms with Crippen LogP contribution in [0.25, 0.3) is 0 Å². The molecule has 0 amide bonds. The smallest absolute Gasteiger partial charge is 0.493 e. The molecule has 0 saturated carbocycles. The van der Waals surface area contributed by atoms with Gasteiger partial charge in [-0.1, -0.05) is 6.07 Å². The molecule has 1 saturated heterocycles. The highest BCUT2D eigenvalue weighted by Crippen LogP contribution is 2.65. The normalized spacial score (nSPS) is 27.2. The molecule has 13 nitrogen and oxygen atoms in total. The van der Waals surface area contributed by atoms with E-state index in [1.807, 2.05) is 19.2 Å². The number of carbonyl (C=O) groups is 4. The highest BCUT2D eigenvalue weighted by atomic mass is 16.7. The Labute approximate surface area is 274 Å². The zero-order chi connectivity index (χ0) is 34.7. The van der Waals surface area contributed by atoms with E-state index in [0.717, 1.165) is 11.1 Å². The van der Waals surface area contributed by atoms with Gasteiger partial charge in [0, 0.05) is 18.0 Å². The summed E-state index contributed by atoms with van der Waals surface area (Å²) in [5.41, 5.74) is -1.98. The number of likely N-dealkylation sites (N-methyl/N-ethyl adjacent to an activating group) is 1. The topological polar surface area (TPSA) is 156 Å². The fourth-order valence-corrected chi connectivity index (χ4v) is 7.18. The van der Waals surface area contributed by atoms with E-state index in [-0.39, 0.29) is 18.2 Å². The number of rotatable bonds is 8. The summed E-state index contributed by atoms with van der Waals surface area (Å²) in [7, 11) is 3.54. The Hall–Kier alpha value is -3.84. The van der Waals surface area contributed by atoms with Crippen molar-refractivity contribution < 1.29 is 57.4 Å². The Morgan fingerprint density at radius 2 is 1.72 bits per heavy atom. The first kappa shape index (κ1) is 34.5. The van der Waals surface area contributed by atoms with Crippen LogP contribution >= 0.6 is 0 Å². The molecule has 5 rings (SSSR count). The summed E-state index contributed by atoms with van der Waals surface area (Å²) in [6.07, 6.45) is -2.91. The molecule has 47 heavy (non-hydrogen) atoms. The monoisotopic (exact) mass is 659 g/mol. The number of carbonyl (C=O) groups excluding carboxylic acids is 4. The summed E-state index contributed by atoms with van der Waals surface area (Å²) in [5.74, 6) is -1.69. The second kappa shape index (κ2) is 12.0. The maximum absolute atomic E-state index is 13.4. The number of ether oxygens (including phenoxy) is 7. The summed E-state index contributed by atoms with van der Waals surface area (Å²) < 4.78 is 38.9. The van der Waals surface area contributed by atoms with Crippen molar-refractivity contribution in [1.82, 2.24) is 4.90 Å². The predicted octanol–water partition coefficient (Wildman–Crippen LogP) is 3.50. The third-order valence-corrected chi connectivity index (χ3v) is 9.06. The largest absolute Gasteiger partial charge is 0.509 e. The fraction of sp³-hybridized carbons (Fsp3) is 0.647. The van der Waals surface area contributed by atoms with Crippen molar-refractivity contribution in [2.45, 2.75) is 121 Å². The van der Waals surface area contributed by atoms with Crippen LogP contribution in [0.1, 0.15) is 78.9 Å². The lowest BCUT2D eigenvalue weighted by Gasteiger charge is -2.61. The molecular weight excluding hydrogens is 614 g/mol. The van der Waals surface area contributed by atoms with Crippen LogP contribution < -0.4 is 9.47 Å². The van der Waals surface area contributed by atoms with Gasteiger partial charge in [0.1, 0.15) is 17.0 Å². The molecule has 2 heterocycles. The Morgan fingerprint density at radius 1 is 1.04 bits per heavy atom. The summed E-state index contributed by atoms with van der Waals surface area (Å²) in [5, 5.41) is 12.4. The second-order valence-corrected chi connectivity index (χ2v) is 14.6. The van der Waals surface area contributed by atoms with Crippen LogP contribution in [0.2, 0.25) is 0 Å². The fourth-order valence-electron chi connectivity index (χ4n) is 7.18. The first-order valence-electron chi connectivity index (χ1n) is 15.8. The minimum absolute atomic E-state index is 0.186. The molecule has 2 aliphatic carbocycles. The molecule has 0 radical (unpaired) electrons. The quantitative estimate of drug-likeness (QED) is 0.320. The van der Waals surface area contributed by atoms with E-state index in [2.05, 4.69) is 4.90 Å². The third-order valence-electron chi connectivity index (χ3n) is 9.06. The Kier molecular flexibility index (Phi) is 8.80. The van der Waals surface area contributed by atoms with Crippen LogP contribution in [0, 0.1) is 0 Å². The summed E-state index contributed by atoms with van der Waals surface area (Å²) in [4.78, 5) is 53.7. The van der Waals surface area contributed by atoms with Crippen LogP contribution in [0.5, 0.6) is 11.5 Å². The molecule has 1 N–H and O–H groups in total. The van der Waals surface area contributed by atoms with E-state index in [1.165, 1.54) is 6.92 Å². The van der Waals surface area contributed by atoms with E-state index in [1.54, 1.807) is 54.7 Å². The number of aliphatic hydroxyl groups is 1. The van der Waals surface area contributed by atoms with E-state index in [4.69, 9.17) is 33.2 Å². The number of nitrogens with zero attached hydrogens (tertiary/aromatic N) is 1. The van der Waals surface area contributed by atoms with Gasteiger partial charge in [-0.2, -0.15) is 0 Å². The van der Waals surface area contributed by atoms with E-state index < -0.39 is 71.0 Å². The molecule has 1 fully saturated rings. The molecule has 258 valence electrons. The third kappa shape index (κ3) is 6.27. The maximum Gasteiger partial charge on any atom is 0.509 e. The SMILES string of the molecule is COc1ccc2c3c1O[C@H]1C(OC(=O)[C@H](C)OC(=O)[C@H](CC(=O)OC(C)(C)C)OC(=O)OC(C)(C)C)=CC[C@@]4(O)[C@@H](C2)N(C)CC[C@]314. The molecule has 2 aliphatic heterocycles. The molecule has 1 aromatic carbocycles. The summed E-state index contributed by atoms with van der Waals surface area (Å²) in [6.45, 7) is 11.8. The van der Waals surface area contributed by atoms with Gasteiger partial charge in [-0.15, -0.1) is 0 Å². The Morgan fingerprint density at radius 3 is 2.36 bits per heavy atom. The van der Waals surface area contributed by atoms with Crippen LogP contribution in [-0.4, -0.2) is 95.9 Å². The molecular formula is C34H45NO12. The van der Waals surface area contributed by atoms with Gasteiger partial charge in [0.25, 0.3) is 0 Å². The number of hydrogen-bond donors (Lipinski definition) is 1. The van der Waals surface area contributed by atoms with Crippen molar-refractivity contribution >= 4 is 24.1 Å². The van der Waals surface area contributed by atoms with Gasteiger partial charge >= 0.3 is 24.1 Å². The molecule has 1 spiro atoms. The van der Waals surface area contributed by atoms with Crippen molar-refractivity contribution in [2.75, 3.05) is 20.7 Å². The lowest BCUT2D eigenvalue weighted by Crippen LogP contribution is -2.74. The van der Waals surface area contributed by atoms with Crippen molar-refractivity contribution in [3.8, 4) is 11.5 Å². The van der Waals surface area contributed by atoms with Crippen molar-refractivity contribution in [1.29, 1.82) is 0 Å². The van der Waals surface area contributed by atoms with Crippen LogP contribution in [-0.2, 0) is 49.9 Å². The van der Waals surface area contributed by atoms with Crippen LogP contribution in [0.15, 0.2) is 24.0 Å². The number of hydrogen-bond acceptors (Lipinski definition) is 13. The van der Waals surface area contributed by atoms with Crippen LogP contribution in [0.4, 0.5) is 4.79 Å². The zero-order valence-electron chi connectivity index (χ0n) is 28.5. The number of esters is 3. The second-order valence-electron chi connectivity index (χ2n) is 14.6. The first-order valence-corrected chi connectivity index (χ1v) is 15.8. The molecule has 6 atom stereocenters. The van der Waals surface area contributed by atoms with Crippen LogP contribution in [0.3, 0.4) is 0 Å². The van der Waals surface area contributed by atoms with Gasteiger partial charge in [0.15, 0.2) is 23.7 Å². The molecule has 0 aromatic heterocycles.